The van der Waals surface area contributed by atoms with E-state index >= 15 is 0 Å². The molecule has 0 spiro atoms. The lowest BCUT2D eigenvalue weighted by Gasteiger charge is -2.32. The van der Waals surface area contributed by atoms with E-state index in [2.05, 4.69) is 0 Å². The molecule has 1 aliphatic heterocycles. The molecular weight excluding hydrogens is 268 g/mol. The van der Waals surface area contributed by atoms with Crippen LogP contribution in [0, 0.1) is 0 Å². The first-order valence-corrected chi connectivity index (χ1v) is 6.35. The van der Waals surface area contributed by atoms with Crippen LogP contribution in [0.25, 0.3) is 0 Å². The third-order valence-electron chi connectivity index (χ3n) is 3.14. The highest BCUT2D eigenvalue weighted by Gasteiger charge is 2.23. The van der Waals surface area contributed by atoms with E-state index in [9.17, 15) is 9.59 Å². The standard InChI is InChI=1S/C13H15ClN2O3/c1-19-12-3-2-10(14)8-11(12)13(18)16-6-4-15(9-17)5-7-16/h2-3,8-9H,4-7H2,1H3. The number of amides is 2. The molecule has 1 aliphatic rings. The number of rotatable bonds is 3. The van der Waals surface area contributed by atoms with Crippen LogP contribution < -0.4 is 4.74 Å². The average Bonchev–Trinajstić information content (AvgIpc) is 2.46. The molecule has 1 saturated heterocycles. The molecule has 0 unspecified atom stereocenters. The van der Waals surface area contributed by atoms with Crippen molar-refractivity contribution in [1.82, 2.24) is 9.80 Å². The van der Waals surface area contributed by atoms with Crippen molar-refractivity contribution in [3.05, 3.63) is 28.8 Å². The van der Waals surface area contributed by atoms with Crippen molar-refractivity contribution >= 4 is 23.9 Å². The fourth-order valence-electron chi connectivity index (χ4n) is 2.05. The molecule has 0 atom stereocenters. The van der Waals surface area contributed by atoms with Crippen molar-refractivity contribution < 1.29 is 14.3 Å². The van der Waals surface area contributed by atoms with E-state index in [4.69, 9.17) is 16.3 Å². The molecule has 2 rings (SSSR count). The molecule has 0 aliphatic carbocycles. The van der Waals surface area contributed by atoms with E-state index in [-0.39, 0.29) is 5.91 Å². The molecule has 1 aromatic rings. The van der Waals surface area contributed by atoms with E-state index < -0.39 is 0 Å². The summed E-state index contributed by atoms with van der Waals surface area (Å²) in [5.41, 5.74) is 0.453. The topological polar surface area (TPSA) is 49.9 Å². The Morgan fingerprint density at radius 2 is 2.00 bits per heavy atom. The Kier molecular flexibility index (Phi) is 4.27. The van der Waals surface area contributed by atoms with Gasteiger partial charge in [-0.05, 0) is 18.2 Å². The normalized spacial score (nSPS) is 15.3. The van der Waals surface area contributed by atoms with Gasteiger partial charge in [0.05, 0.1) is 12.7 Å². The Labute approximate surface area is 116 Å². The highest BCUT2D eigenvalue weighted by molar-refractivity contribution is 6.31. The lowest BCUT2D eigenvalue weighted by molar-refractivity contribution is -0.119. The number of nitrogens with zero attached hydrogens (tertiary/aromatic N) is 2. The fraction of sp³-hybridized carbons (Fsp3) is 0.385. The van der Waals surface area contributed by atoms with Gasteiger partial charge in [0.1, 0.15) is 5.75 Å². The van der Waals surface area contributed by atoms with E-state index in [1.807, 2.05) is 0 Å². The number of hydrogen-bond donors (Lipinski definition) is 0. The average molecular weight is 283 g/mol. The quantitative estimate of drug-likeness (QED) is 0.785. The largest absolute Gasteiger partial charge is 0.496 e. The van der Waals surface area contributed by atoms with Crippen molar-refractivity contribution in [2.45, 2.75) is 0 Å². The Morgan fingerprint density at radius 1 is 1.32 bits per heavy atom. The SMILES string of the molecule is COc1ccc(Cl)cc1C(=O)N1CCN(C=O)CC1. The smallest absolute Gasteiger partial charge is 0.257 e. The number of piperazine rings is 1. The second-order valence-corrected chi connectivity index (χ2v) is 4.71. The van der Waals surface area contributed by atoms with Gasteiger partial charge in [0.15, 0.2) is 0 Å². The van der Waals surface area contributed by atoms with Crippen LogP contribution in [0.5, 0.6) is 5.75 Å². The van der Waals surface area contributed by atoms with Crippen LogP contribution in [0.15, 0.2) is 18.2 Å². The summed E-state index contributed by atoms with van der Waals surface area (Å²) in [6, 6.07) is 4.97. The van der Waals surface area contributed by atoms with Crippen LogP contribution in [0.4, 0.5) is 0 Å². The van der Waals surface area contributed by atoms with Gasteiger partial charge in [0.25, 0.3) is 5.91 Å². The highest BCUT2D eigenvalue weighted by atomic mass is 35.5. The monoisotopic (exact) mass is 282 g/mol. The third kappa shape index (κ3) is 2.98. The zero-order chi connectivity index (χ0) is 13.8. The van der Waals surface area contributed by atoms with Gasteiger partial charge in [-0.3, -0.25) is 9.59 Å². The maximum absolute atomic E-state index is 12.4. The Balaban J connectivity index is 2.16. The van der Waals surface area contributed by atoms with Crippen LogP contribution >= 0.6 is 11.6 Å². The summed E-state index contributed by atoms with van der Waals surface area (Å²) < 4.78 is 5.18. The molecule has 102 valence electrons. The predicted octanol–water partition coefficient (Wildman–Crippen LogP) is 1.26. The van der Waals surface area contributed by atoms with E-state index in [0.29, 0.717) is 42.5 Å². The van der Waals surface area contributed by atoms with Gasteiger partial charge in [-0.1, -0.05) is 11.6 Å². The number of halogens is 1. The van der Waals surface area contributed by atoms with Crippen LogP contribution in [-0.4, -0.2) is 55.4 Å². The zero-order valence-corrected chi connectivity index (χ0v) is 11.4. The molecule has 1 fully saturated rings. The number of hydrogen-bond acceptors (Lipinski definition) is 3. The number of methoxy groups -OCH3 is 1. The Hall–Kier alpha value is -1.75. The summed E-state index contributed by atoms with van der Waals surface area (Å²) in [6.07, 6.45) is 0.807. The van der Waals surface area contributed by atoms with Crippen molar-refractivity contribution in [1.29, 1.82) is 0 Å². The maximum atomic E-state index is 12.4. The molecular formula is C13H15ClN2O3. The molecule has 19 heavy (non-hydrogen) atoms. The van der Waals surface area contributed by atoms with Gasteiger partial charge >= 0.3 is 0 Å². The summed E-state index contributed by atoms with van der Waals surface area (Å²) in [4.78, 5) is 26.4. The lowest BCUT2D eigenvalue weighted by atomic mass is 10.1. The lowest BCUT2D eigenvalue weighted by Crippen LogP contribution is -2.48. The Bertz CT molecular complexity index is 485. The van der Waals surface area contributed by atoms with Crippen molar-refractivity contribution in [2.24, 2.45) is 0 Å². The van der Waals surface area contributed by atoms with Crippen LogP contribution in [0.3, 0.4) is 0 Å². The Morgan fingerprint density at radius 3 is 2.58 bits per heavy atom. The van der Waals surface area contributed by atoms with Gasteiger partial charge in [-0.15, -0.1) is 0 Å². The van der Waals surface area contributed by atoms with Gasteiger partial charge in [0, 0.05) is 31.2 Å². The van der Waals surface area contributed by atoms with Gasteiger partial charge in [0.2, 0.25) is 6.41 Å². The predicted molar refractivity (Wildman–Crippen MR) is 71.5 cm³/mol. The third-order valence-corrected chi connectivity index (χ3v) is 3.38. The van der Waals surface area contributed by atoms with Crippen LogP contribution in [-0.2, 0) is 4.79 Å². The molecule has 0 bridgehead atoms. The molecule has 0 N–H and O–H groups in total. The first kappa shape index (κ1) is 13.7. The van der Waals surface area contributed by atoms with Gasteiger partial charge in [-0.25, -0.2) is 0 Å². The first-order chi connectivity index (χ1) is 9.15. The minimum atomic E-state index is -0.120. The molecule has 1 heterocycles. The van der Waals surface area contributed by atoms with Crippen molar-refractivity contribution in [3.8, 4) is 5.75 Å². The minimum Gasteiger partial charge on any atom is -0.496 e. The number of benzene rings is 1. The summed E-state index contributed by atoms with van der Waals surface area (Å²) in [7, 11) is 1.52. The highest BCUT2D eigenvalue weighted by Crippen LogP contribution is 2.24. The summed E-state index contributed by atoms with van der Waals surface area (Å²) >= 11 is 5.92. The van der Waals surface area contributed by atoms with E-state index in [0.717, 1.165) is 6.41 Å². The molecule has 1 aromatic carbocycles. The molecule has 0 radical (unpaired) electrons. The fourth-order valence-corrected chi connectivity index (χ4v) is 2.22. The van der Waals surface area contributed by atoms with Crippen molar-refractivity contribution in [2.75, 3.05) is 33.3 Å². The molecule has 6 heteroatoms. The van der Waals surface area contributed by atoms with E-state index in [1.165, 1.54) is 7.11 Å². The maximum Gasteiger partial charge on any atom is 0.257 e. The van der Waals surface area contributed by atoms with E-state index in [1.54, 1.807) is 28.0 Å². The molecule has 0 saturated carbocycles. The van der Waals surface area contributed by atoms with Gasteiger partial charge in [-0.2, -0.15) is 0 Å². The van der Waals surface area contributed by atoms with Crippen LogP contribution in [0.1, 0.15) is 10.4 Å². The molecule has 0 aromatic heterocycles. The first-order valence-electron chi connectivity index (χ1n) is 5.98. The van der Waals surface area contributed by atoms with Crippen molar-refractivity contribution in [3.63, 3.8) is 0 Å². The number of carbonyl (C=O) groups is 2. The second-order valence-electron chi connectivity index (χ2n) is 4.28. The summed E-state index contributed by atoms with van der Waals surface area (Å²) in [6.45, 7) is 2.15. The minimum absolute atomic E-state index is 0.120. The number of carbonyl (C=O) groups excluding carboxylic acids is 2. The second kappa shape index (κ2) is 5.93. The molecule has 2 amide bonds. The summed E-state index contributed by atoms with van der Waals surface area (Å²) in [5.74, 6) is 0.386. The zero-order valence-electron chi connectivity index (χ0n) is 10.6. The summed E-state index contributed by atoms with van der Waals surface area (Å²) in [5, 5.41) is 0.496. The molecule has 5 nitrogen and oxygen atoms in total. The number of ether oxygens (including phenoxy) is 1. The van der Waals surface area contributed by atoms with Gasteiger partial charge < -0.3 is 14.5 Å². The van der Waals surface area contributed by atoms with Crippen LogP contribution in [0.2, 0.25) is 5.02 Å².